The third kappa shape index (κ3) is 3.82. The van der Waals surface area contributed by atoms with Crippen LogP contribution in [-0.4, -0.2) is 73.4 Å². The van der Waals surface area contributed by atoms with Crippen LogP contribution in [-0.2, 0) is 4.74 Å². The van der Waals surface area contributed by atoms with Gasteiger partial charge in [-0.3, -0.25) is 4.79 Å². The first-order valence-electron chi connectivity index (χ1n) is 6.55. The minimum Gasteiger partial charge on any atom is -0.444 e. The first kappa shape index (κ1) is 15.5. The lowest BCUT2D eigenvalue weighted by Gasteiger charge is -2.37. The van der Waals surface area contributed by atoms with E-state index in [1.807, 2.05) is 11.9 Å². The van der Waals surface area contributed by atoms with E-state index in [1.165, 1.54) is 0 Å². The van der Waals surface area contributed by atoms with E-state index in [0.29, 0.717) is 43.3 Å². The third-order valence-electron chi connectivity index (χ3n) is 3.28. The molecule has 1 saturated heterocycles. The van der Waals surface area contributed by atoms with E-state index in [9.17, 15) is 4.79 Å². The highest BCUT2D eigenvalue weighted by Gasteiger charge is 2.30. The highest BCUT2D eigenvalue weighted by molar-refractivity contribution is 9.10. The fourth-order valence-electron chi connectivity index (χ4n) is 2.27. The topological polar surface area (TPSA) is 66.2 Å². The largest absolute Gasteiger partial charge is 0.444 e. The lowest BCUT2D eigenvalue weighted by Crippen LogP contribution is -2.53. The zero-order chi connectivity index (χ0) is 14.5. The maximum absolute atomic E-state index is 12.5. The molecule has 1 aromatic rings. The number of furan rings is 1. The number of carbonyl (C=O) groups is 1. The molecule has 1 unspecified atom stereocenters. The molecule has 6 nitrogen and oxygen atoms in total. The first-order valence-corrected chi connectivity index (χ1v) is 7.34. The van der Waals surface area contributed by atoms with E-state index < -0.39 is 0 Å². The van der Waals surface area contributed by atoms with E-state index in [0.717, 1.165) is 0 Å². The minimum absolute atomic E-state index is 0.0309. The highest BCUT2D eigenvalue weighted by atomic mass is 79.9. The molecule has 2 rings (SSSR count). The molecule has 1 aromatic heterocycles. The molecule has 0 aliphatic carbocycles. The number of hydrogen-bond donors (Lipinski definition) is 1. The van der Waals surface area contributed by atoms with Gasteiger partial charge in [0.1, 0.15) is 0 Å². The van der Waals surface area contributed by atoms with Crippen LogP contribution in [0.1, 0.15) is 10.6 Å². The number of ether oxygens (including phenoxy) is 1. The lowest BCUT2D eigenvalue weighted by molar-refractivity contribution is -0.0123. The van der Waals surface area contributed by atoms with Gasteiger partial charge >= 0.3 is 0 Å². The second-order valence-electron chi connectivity index (χ2n) is 4.82. The summed E-state index contributed by atoms with van der Waals surface area (Å²) >= 11 is 3.20. The van der Waals surface area contributed by atoms with Crippen LogP contribution in [0, 0.1) is 0 Å². The molecular weight excluding hydrogens is 328 g/mol. The van der Waals surface area contributed by atoms with Crippen molar-refractivity contribution in [2.75, 3.05) is 46.5 Å². The molecule has 1 atom stereocenters. The van der Waals surface area contributed by atoms with Gasteiger partial charge < -0.3 is 24.1 Å². The summed E-state index contributed by atoms with van der Waals surface area (Å²) in [6.07, 6.45) is 0. The van der Waals surface area contributed by atoms with Crippen molar-refractivity contribution in [2.24, 2.45) is 0 Å². The Balaban J connectivity index is 2.04. The van der Waals surface area contributed by atoms with Crippen molar-refractivity contribution in [2.45, 2.75) is 6.04 Å². The number of aliphatic hydroxyl groups is 1. The number of likely N-dealkylation sites (N-methyl/N-ethyl adjacent to an activating group) is 1. The van der Waals surface area contributed by atoms with Gasteiger partial charge in [-0.05, 0) is 35.1 Å². The Labute approximate surface area is 126 Å². The van der Waals surface area contributed by atoms with Gasteiger partial charge in [-0.1, -0.05) is 0 Å². The van der Waals surface area contributed by atoms with Crippen molar-refractivity contribution in [3.63, 3.8) is 0 Å². The van der Waals surface area contributed by atoms with Crippen LogP contribution in [0.3, 0.4) is 0 Å². The van der Waals surface area contributed by atoms with Crippen molar-refractivity contribution in [1.29, 1.82) is 0 Å². The van der Waals surface area contributed by atoms with Gasteiger partial charge in [0.05, 0.1) is 25.9 Å². The minimum atomic E-state index is -0.124. The molecule has 0 spiro atoms. The monoisotopic (exact) mass is 346 g/mol. The van der Waals surface area contributed by atoms with Gasteiger partial charge in [0.2, 0.25) is 0 Å². The summed E-state index contributed by atoms with van der Waals surface area (Å²) in [5.41, 5.74) is 0. The van der Waals surface area contributed by atoms with E-state index in [4.69, 9.17) is 14.3 Å². The second kappa shape index (κ2) is 7.21. The maximum atomic E-state index is 12.5. The summed E-state index contributed by atoms with van der Waals surface area (Å²) in [5, 5.41) is 8.95. The summed E-state index contributed by atoms with van der Waals surface area (Å²) in [5.74, 6) is 0.204. The Hall–Kier alpha value is -0.890. The Morgan fingerprint density at radius 3 is 3.05 bits per heavy atom. The maximum Gasteiger partial charge on any atom is 0.290 e. The summed E-state index contributed by atoms with van der Waals surface area (Å²) < 4.78 is 11.3. The number of hydrogen-bond acceptors (Lipinski definition) is 5. The van der Waals surface area contributed by atoms with Gasteiger partial charge in [-0.15, -0.1) is 0 Å². The molecule has 1 fully saturated rings. The second-order valence-corrected chi connectivity index (χ2v) is 5.60. The van der Waals surface area contributed by atoms with E-state index in [2.05, 4.69) is 15.9 Å². The average Bonchev–Trinajstić information content (AvgIpc) is 2.85. The standard InChI is InChI=1S/C13H19BrN2O4/c1-15(4-6-17)8-10-9-19-7-5-16(10)13(18)11-2-3-12(14)20-11/h2-3,10,17H,4-9H2,1H3. The zero-order valence-corrected chi connectivity index (χ0v) is 13.0. The summed E-state index contributed by atoms with van der Waals surface area (Å²) in [4.78, 5) is 16.2. The number of morpholine rings is 1. The van der Waals surface area contributed by atoms with Gasteiger partial charge in [0, 0.05) is 19.6 Å². The fourth-order valence-corrected chi connectivity index (χ4v) is 2.57. The van der Waals surface area contributed by atoms with Crippen LogP contribution >= 0.6 is 15.9 Å². The number of amides is 1. The van der Waals surface area contributed by atoms with Crippen molar-refractivity contribution < 1.29 is 19.1 Å². The van der Waals surface area contributed by atoms with Crippen LogP contribution in [0.4, 0.5) is 0 Å². The summed E-state index contributed by atoms with van der Waals surface area (Å²) in [6, 6.07) is 3.34. The van der Waals surface area contributed by atoms with Crippen molar-refractivity contribution in [3.8, 4) is 0 Å². The SMILES string of the molecule is CN(CCO)CC1COCCN1C(=O)c1ccc(Br)o1. The Bertz CT molecular complexity index is 451. The molecule has 112 valence electrons. The van der Waals surface area contributed by atoms with Crippen LogP contribution < -0.4 is 0 Å². The molecule has 20 heavy (non-hydrogen) atoms. The van der Waals surface area contributed by atoms with Crippen molar-refractivity contribution in [1.82, 2.24) is 9.80 Å². The number of nitrogens with zero attached hydrogens (tertiary/aromatic N) is 2. The molecule has 0 aromatic carbocycles. The molecular formula is C13H19BrN2O4. The molecule has 1 amide bonds. The van der Waals surface area contributed by atoms with Gasteiger partial charge in [0.25, 0.3) is 5.91 Å². The summed E-state index contributed by atoms with van der Waals surface area (Å²) in [6.45, 7) is 2.92. The zero-order valence-electron chi connectivity index (χ0n) is 11.4. The average molecular weight is 347 g/mol. The molecule has 2 heterocycles. The van der Waals surface area contributed by atoms with Gasteiger partial charge in [-0.25, -0.2) is 0 Å². The number of aliphatic hydroxyl groups excluding tert-OH is 1. The van der Waals surface area contributed by atoms with Crippen LogP contribution in [0.2, 0.25) is 0 Å². The van der Waals surface area contributed by atoms with Crippen LogP contribution in [0.15, 0.2) is 21.2 Å². The lowest BCUT2D eigenvalue weighted by atomic mass is 10.2. The van der Waals surface area contributed by atoms with Gasteiger partial charge in [0.15, 0.2) is 10.4 Å². The first-order chi connectivity index (χ1) is 9.61. The van der Waals surface area contributed by atoms with Crippen LogP contribution in [0.25, 0.3) is 0 Å². The van der Waals surface area contributed by atoms with E-state index >= 15 is 0 Å². The molecule has 1 aliphatic heterocycles. The molecule has 1 N–H and O–H groups in total. The Morgan fingerprint density at radius 2 is 2.40 bits per heavy atom. The predicted molar refractivity (Wildman–Crippen MR) is 76.6 cm³/mol. The smallest absolute Gasteiger partial charge is 0.290 e. The quantitative estimate of drug-likeness (QED) is 0.854. The molecule has 0 bridgehead atoms. The van der Waals surface area contributed by atoms with Crippen molar-refractivity contribution in [3.05, 3.63) is 22.6 Å². The number of carbonyl (C=O) groups excluding carboxylic acids is 1. The van der Waals surface area contributed by atoms with E-state index in [1.54, 1.807) is 17.0 Å². The molecule has 7 heteroatoms. The normalized spacial score (nSPS) is 19.6. The summed E-state index contributed by atoms with van der Waals surface area (Å²) in [7, 11) is 1.91. The predicted octanol–water partition coefficient (Wildman–Crippen LogP) is 0.807. The number of halogens is 1. The third-order valence-corrected chi connectivity index (χ3v) is 3.70. The van der Waals surface area contributed by atoms with E-state index in [-0.39, 0.29) is 18.6 Å². The number of rotatable bonds is 5. The molecule has 0 saturated carbocycles. The van der Waals surface area contributed by atoms with Crippen LogP contribution in [0.5, 0.6) is 0 Å². The molecule has 0 radical (unpaired) electrons. The Kier molecular flexibility index (Phi) is 5.59. The fraction of sp³-hybridized carbons (Fsp3) is 0.615. The molecule has 1 aliphatic rings. The van der Waals surface area contributed by atoms with Crippen molar-refractivity contribution >= 4 is 21.8 Å². The Morgan fingerprint density at radius 1 is 1.60 bits per heavy atom. The van der Waals surface area contributed by atoms with Gasteiger partial charge in [-0.2, -0.15) is 0 Å². The highest BCUT2D eigenvalue weighted by Crippen LogP contribution is 2.18.